The van der Waals surface area contributed by atoms with Gasteiger partial charge in [-0.1, -0.05) is 51.0 Å². The van der Waals surface area contributed by atoms with Crippen molar-refractivity contribution in [3.05, 3.63) is 59.9 Å². The van der Waals surface area contributed by atoms with Crippen LogP contribution in [-0.4, -0.2) is 31.5 Å². The molecule has 1 fully saturated rings. The first-order valence-electron chi connectivity index (χ1n) is 11.2. The van der Waals surface area contributed by atoms with Gasteiger partial charge in [-0.15, -0.1) is 0 Å². The number of amides is 2. The van der Waals surface area contributed by atoms with Gasteiger partial charge in [0.05, 0.1) is 12.8 Å². The van der Waals surface area contributed by atoms with Gasteiger partial charge in [-0.05, 0) is 54.2 Å². The van der Waals surface area contributed by atoms with Crippen molar-refractivity contribution in [3.8, 4) is 11.5 Å². The van der Waals surface area contributed by atoms with Crippen LogP contribution in [0.1, 0.15) is 38.7 Å². The number of rotatable bonds is 5. The van der Waals surface area contributed by atoms with Crippen LogP contribution >= 0.6 is 0 Å². The molecule has 168 valence electrons. The van der Waals surface area contributed by atoms with Crippen LogP contribution < -0.4 is 19.7 Å². The average Bonchev–Trinajstić information content (AvgIpc) is 2.80. The Morgan fingerprint density at radius 3 is 2.66 bits per heavy atom. The van der Waals surface area contributed by atoms with Crippen molar-refractivity contribution >= 4 is 23.6 Å². The third-order valence-electron chi connectivity index (χ3n) is 6.60. The van der Waals surface area contributed by atoms with E-state index in [1.54, 1.807) is 25.3 Å². The lowest BCUT2D eigenvalue weighted by Gasteiger charge is -2.35. The fraction of sp³-hybridized carbons (Fsp3) is 0.385. The quantitative estimate of drug-likeness (QED) is 0.708. The molecule has 1 N–H and O–H groups in total. The second-order valence-corrected chi connectivity index (χ2v) is 8.68. The Morgan fingerprint density at radius 2 is 1.91 bits per heavy atom. The zero-order chi connectivity index (χ0) is 22.7. The highest BCUT2D eigenvalue weighted by Gasteiger charge is 2.33. The molecule has 0 unspecified atom stereocenters. The highest BCUT2D eigenvalue weighted by Crippen LogP contribution is 2.36. The minimum Gasteiger partial charge on any atom is -0.497 e. The van der Waals surface area contributed by atoms with Gasteiger partial charge in [-0.3, -0.25) is 14.5 Å². The molecule has 4 rings (SSSR count). The number of ether oxygens (including phenoxy) is 2. The molecule has 0 radical (unpaired) electrons. The number of carbonyl (C=O) groups excluding carboxylic acids is 2. The summed E-state index contributed by atoms with van der Waals surface area (Å²) < 4.78 is 11.1. The molecule has 2 aromatic rings. The summed E-state index contributed by atoms with van der Waals surface area (Å²) in [6.45, 7) is 4.39. The number of hydrogen-bond donors (Lipinski definition) is 1. The van der Waals surface area contributed by atoms with Crippen molar-refractivity contribution in [2.24, 2.45) is 11.8 Å². The Labute approximate surface area is 189 Å². The first-order valence-corrected chi connectivity index (χ1v) is 11.2. The second kappa shape index (κ2) is 9.47. The van der Waals surface area contributed by atoms with Crippen molar-refractivity contribution in [1.29, 1.82) is 0 Å². The first-order chi connectivity index (χ1) is 15.5. The van der Waals surface area contributed by atoms with Crippen LogP contribution in [0.15, 0.2) is 54.3 Å². The summed E-state index contributed by atoms with van der Waals surface area (Å²) in [4.78, 5) is 27.7. The Kier molecular flexibility index (Phi) is 6.49. The number of hydrogen-bond acceptors (Lipinski definition) is 4. The number of carbonyl (C=O) groups is 2. The first kappa shape index (κ1) is 21.9. The van der Waals surface area contributed by atoms with Gasteiger partial charge >= 0.3 is 0 Å². The number of methoxy groups -OCH3 is 1. The van der Waals surface area contributed by atoms with Crippen molar-refractivity contribution in [2.75, 3.05) is 18.6 Å². The number of nitrogens with zero attached hydrogens (tertiary/aromatic N) is 1. The van der Waals surface area contributed by atoms with E-state index in [9.17, 15) is 9.59 Å². The van der Waals surface area contributed by atoms with Crippen LogP contribution in [0, 0.1) is 11.8 Å². The Balaban J connectivity index is 1.55. The maximum atomic E-state index is 13.3. The van der Waals surface area contributed by atoms with E-state index < -0.39 is 0 Å². The van der Waals surface area contributed by atoms with E-state index in [-0.39, 0.29) is 30.2 Å². The maximum absolute atomic E-state index is 13.3. The van der Waals surface area contributed by atoms with Crippen LogP contribution in [0.5, 0.6) is 11.5 Å². The minimum atomic E-state index is -0.334. The Morgan fingerprint density at radius 1 is 1.16 bits per heavy atom. The molecule has 2 amide bonds. The van der Waals surface area contributed by atoms with E-state index in [0.717, 1.165) is 24.2 Å². The van der Waals surface area contributed by atoms with Gasteiger partial charge in [-0.25, -0.2) is 0 Å². The summed E-state index contributed by atoms with van der Waals surface area (Å²) in [6.07, 6.45) is 4.98. The molecule has 6 heteroatoms. The van der Waals surface area contributed by atoms with Gasteiger partial charge in [0.1, 0.15) is 12.3 Å². The van der Waals surface area contributed by atoms with E-state index in [0.29, 0.717) is 23.3 Å². The maximum Gasteiger partial charge on any atom is 0.294 e. The second-order valence-electron chi connectivity index (χ2n) is 8.68. The average molecular weight is 435 g/mol. The largest absolute Gasteiger partial charge is 0.497 e. The van der Waals surface area contributed by atoms with Crippen molar-refractivity contribution in [2.45, 2.75) is 39.2 Å². The number of para-hydroxylation sites is 2. The van der Waals surface area contributed by atoms with Gasteiger partial charge in [-0.2, -0.15) is 0 Å². The zero-order valence-corrected chi connectivity index (χ0v) is 18.8. The predicted molar refractivity (Wildman–Crippen MR) is 125 cm³/mol. The monoisotopic (exact) mass is 434 g/mol. The van der Waals surface area contributed by atoms with Gasteiger partial charge in [0.2, 0.25) is 5.91 Å². The standard InChI is InChI=1S/C26H30N2O4/c1-17-7-6-8-21(18(17)2)27-25(29)16-28-22-9-4-5-10-23(22)32-24(26(28)30)15-19-11-13-20(31-3)14-12-19/h4-5,9-15,17-18,21H,6-8,16H2,1-3H3,(H,27,29)/b24-15-/t17-,18-,21+/m0/s1. The van der Waals surface area contributed by atoms with Crippen LogP contribution in [0.4, 0.5) is 5.69 Å². The fourth-order valence-corrected chi connectivity index (χ4v) is 4.45. The molecule has 6 nitrogen and oxygen atoms in total. The molecule has 0 saturated heterocycles. The Hall–Kier alpha value is -3.28. The number of benzene rings is 2. The minimum absolute atomic E-state index is 0.0449. The summed E-state index contributed by atoms with van der Waals surface area (Å²) in [6, 6.07) is 14.8. The SMILES string of the molecule is COc1ccc(/C=C2\Oc3ccccc3N(CC(=O)N[C@@H]3CCC[C@H](C)[C@@H]3C)C2=O)cc1. The van der Waals surface area contributed by atoms with Crippen molar-refractivity contribution in [3.63, 3.8) is 0 Å². The lowest BCUT2D eigenvalue weighted by atomic mass is 9.78. The van der Waals surface area contributed by atoms with E-state index in [2.05, 4.69) is 19.2 Å². The molecule has 1 heterocycles. The summed E-state index contributed by atoms with van der Waals surface area (Å²) in [5.41, 5.74) is 1.41. The van der Waals surface area contributed by atoms with Gasteiger partial charge in [0.25, 0.3) is 5.91 Å². The van der Waals surface area contributed by atoms with E-state index in [4.69, 9.17) is 9.47 Å². The van der Waals surface area contributed by atoms with Crippen LogP contribution in [0.2, 0.25) is 0 Å². The molecule has 32 heavy (non-hydrogen) atoms. The third kappa shape index (κ3) is 4.64. The summed E-state index contributed by atoms with van der Waals surface area (Å²) in [7, 11) is 1.61. The van der Waals surface area contributed by atoms with E-state index in [1.165, 1.54) is 11.3 Å². The lowest BCUT2D eigenvalue weighted by Crippen LogP contribution is -2.49. The molecule has 2 aromatic carbocycles. The smallest absolute Gasteiger partial charge is 0.294 e. The molecule has 1 aliphatic heterocycles. The van der Waals surface area contributed by atoms with Crippen LogP contribution in [0.3, 0.4) is 0 Å². The summed E-state index contributed by atoms with van der Waals surface area (Å²) >= 11 is 0. The number of anilines is 1. The number of nitrogens with one attached hydrogen (secondary N) is 1. The van der Waals surface area contributed by atoms with Gasteiger partial charge in [0, 0.05) is 6.04 Å². The predicted octanol–water partition coefficient (Wildman–Crippen LogP) is 4.40. The molecule has 0 bridgehead atoms. The third-order valence-corrected chi connectivity index (χ3v) is 6.60. The molecule has 1 aliphatic carbocycles. The van der Waals surface area contributed by atoms with Gasteiger partial charge in [0.15, 0.2) is 11.5 Å². The Bertz CT molecular complexity index is 1010. The highest BCUT2D eigenvalue weighted by molar-refractivity contribution is 6.12. The highest BCUT2D eigenvalue weighted by atomic mass is 16.5. The normalized spacial score (nSPS) is 24.0. The van der Waals surface area contributed by atoms with Gasteiger partial charge < -0.3 is 14.8 Å². The van der Waals surface area contributed by atoms with Crippen molar-refractivity contribution < 1.29 is 19.1 Å². The molecule has 0 spiro atoms. The molecular formula is C26H30N2O4. The van der Waals surface area contributed by atoms with E-state index >= 15 is 0 Å². The lowest BCUT2D eigenvalue weighted by molar-refractivity contribution is -0.124. The van der Waals surface area contributed by atoms with E-state index in [1.807, 2.05) is 36.4 Å². The van der Waals surface area contributed by atoms with Crippen molar-refractivity contribution in [1.82, 2.24) is 5.32 Å². The zero-order valence-electron chi connectivity index (χ0n) is 18.8. The molecule has 2 aliphatic rings. The fourth-order valence-electron chi connectivity index (χ4n) is 4.45. The molecule has 1 saturated carbocycles. The molecule has 0 aromatic heterocycles. The van der Waals surface area contributed by atoms with Crippen LogP contribution in [-0.2, 0) is 9.59 Å². The number of fused-ring (bicyclic) bond motifs is 1. The summed E-state index contributed by atoms with van der Waals surface area (Å²) in [5.74, 6) is 1.99. The molecular weight excluding hydrogens is 404 g/mol. The molecule has 3 atom stereocenters. The summed E-state index contributed by atoms with van der Waals surface area (Å²) in [5, 5.41) is 3.17. The van der Waals surface area contributed by atoms with Crippen LogP contribution in [0.25, 0.3) is 6.08 Å². The topological polar surface area (TPSA) is 67.9 Å².